The van der Waals surface area contributed by atoms with Crippen LogP contribution < -0.4 is 5.32 Å². The van der Waals surface area contributed by atoms with Crippen LogP contribution in [0.3, 0.4) is 0 Å². The SMILES string of the molecule is CCCCCC/C=C\C/C=C\CCCCCCCCCC(=O)OCCCCCCCCCCCCCC/C=C\CCCCCCCCCCCCCCCCCCC(=O)NC(CO)C(O)/C=C/CCCCCCCCC. The Morgan fingerprint density at radius 1 is 0.368 bits per heavy atom. The number of rotatable bonds is 63. The lowest BCUT2D eigenvalue weighted by Crippen LogP contribution is -2.45. The van der Waals surface area contributed by atoms with Gasteiger partial charge < -0.3 is 20.3 Å². The molecule has 1 amide bonds. The molecule has 0 spiro atoms. The van der Waals surface area contributed by atoms with E-state index in [1.54, 1.807) is 6.08 Å². The van der Waals surface area contributed by atoms with E-state index in [0.29, 0.717) is 19.4 Å². The van der Waals surface area contributed by atoms with Gasteiger partial charge in [-0.1, -0.05) is 306 Å². The Morgan fingerprint density at radius 3 is 1.03 bits per heavy atom. The number of esters is 1. The highest BCUT2D eigenvalue weighted by Gasteiger charge is 2.18. The highest BCUT2D eigenvalue weighted by Crippen LogP contribution is 2.17. The molecule has 446 valence electrons. The van der Waals surface area contributed by atoms with E-state index in [9.17, 15) is 19.8 Å². The van der Waals surface area contributed by atoms with Crippen LogP contribution in [-0.2, 0) is 14.3 Å². The molecule has 0 aliphatic rings. The number of allylic oxidation sites excluding steroid dienone is 7. The zero-order valence-electron chi connectivity index (χ0n) is 51.0. The minimum atomic E-state index is -0.840. The van der Waals surface area contributed by atoms with Crippen LogP contribution in [0.25, 0.3) is 0 Å². The maximum absolute atomic E-state index is 12.4. The van der Waals surface area contributed by atoms with Crippen LogP contribution in [-0.4, -0.2) is 47.4 Å². The van der Waals surface area contributed by atoms with Crippen LogP contribution in [0.1, 0.15) is 361 Å². The Hall–Kier alpha value is -2.18. The van der Waals surface area contributed by atoms with Crippen molar-refractivity contribution >= 4 is 11.9 Å². The van der Waals surface area contributed by atoms with Crippen LogP contribution in [0.4, 0.5) is 0 Å². The summed E-state index contributed by atoms with van der Waals surface area (Å²) >= 11 is 0. The van der Waals surface area contributed by atoms with Gasteiger partial charge in [-0.05, 0) is 89.9 Å². The van der Waals surface area contributed by atoms with Gasteiger partial charge in [-0.3, -0.25) is 9.59 Å². The predicted molar refractivity (Wildman–Crippen MR) is 333 cm³/mol. The topological polar surface area (TPSA) is 95.9 Å². The van der Waals surface area contributed by atoms with E-state index in [4.69, 9.17) is 4.74 Å². The minimum Gasteiger partial charge on any atom is -0.466 e. The van der Waals surface area contributed by atoms with Gasteiger partial charge in [0.2, 0.25) is 5.91 Å². The quantitative estimate of drug-likeness (QED) is 0.0320. The summed E-state index contributed by atoms with van der Waals surface area (Å²) in [6.45, 7) is 4.87. The van der Waals surface area contributed by atoms with Crippen LogP contribution >= 0.6 is 0 Å². The number of aliphatic hydroxyl groups excluding tert-OH is 2. The fourth-order valence-corrected chi connectivity index (χ4v) is 10.4. The molecule has 0 aromatic rings. The zero-order valence-corrected chi connectivity index (χ0v) is 51.0. The van der Waals surface area contributed by atoms with Crippen molar-refractivity contribution in [3.8, 4) is 0 Å². The normalized spacial score (nSPS) is 12.8. The first-order chi connectivity index (χ1) is 37.5. The Kier molecular flexibility index (Phi) is 63.5. The van der Waals surface area contributed by atoms with E-state index in [2.05, 4.69) is 55.6 Å². The Labute approximate surface area is 474 Å². The summed E-state index contributed by atoms with van der Waals surface area (Å²) in [7, 11) is 0. The second-order valence-corrected chi connectivity index (χ2v) is 23.1. The van der Waals surface area contributed by atoms with Crippen molar-refractivity contribution in [2.24, 2.45) is 0 Å². The molecule has 2 atom stereocenters. The molecular formula is C70H131NO5. The fraction of sp³-hybridized carbons (Fsp3) is 0.857. The summed E-state index contributed by atoms with van der Waals surface area (Å²) in [6.07, 6.45) is 84.8. The maximum Gasteiger partial charge on any atom is 0.305 e. The van der Waals surface area contributed by atoms with Crippen LogP contribution in [0, 0.1) is 0 Å². The number of carbonyl (C=O) groups is 2. The second-order valence-electron chi connectivity index (χ2n) is 23.1. The summed E-state index contributed by atoms with van der Waals surface area (Å²) in [6, 6.07) is -0.624. The van der Waals surface area contributed by atoms with Crippen molar-refractivity contribution in [3.05, 3.63) is 48.6 Å². The predicted octanol–water partition coefficient (Wildman–Crippen LogP) is 21.7. The monoisotopic (exact) mass is 1070 g/mol. The second kappa shape index (κ2) is 65.3. The van der Waals surface area contributed by atoms with Crippen molar-refractivity contribution in [2.75, 3.05) is 13.2 Å². The van der Waals surface area contributed by atoms with Crippen LogP contribution in [0.2, 0.25) is 0 Å². The van der Waals surface area contributed by atoms with Crippen molar-refractivity contribution < 1.29 is 24.5 Å². The smallest absolute Gasteiger partial charge is 0.305 e. The summed E-state index contributed by atoms with van der Waals surface area (Å²) in [5, 5.41) is 23.0. The van der Waals surface area contributed by atoms with Gasteiger partial charge in [-0.25, -0.2) is 0 Å². The molecule has 0 rings (SSSR count). The van der Waals surface area contributed by atoms with E-state index in [1.165, 1.54) is 283 Å². The molecule has 0 aliphatic carbocycles. The van der Waals surface area contributed by atoms with Gasteiger partial charge in [0, 0.05) is 12.8 Å². The summed E-state index contributed by atoms with van der Waals surface area (Å²) in [5.74, 6) is -0.0571. The molecule has 6 heteroatoms. The lowest BCUT2D eigenvalue weighted by molar-refractivity contribution is -0.143. The van der Waals surface area contributed by atoms with E-state index < -0.39 is 12.1 Å². The van der Waals surface area contributed by atoms with Crippen molar-refractivity contribution in [1.29, 1.82) is 0 Å². The average molecular weight is 1070 g/mol. The van der Waals surface area contributed by atoms with E-state index in [-0.39, 0.29) is 18.5 Å². The number of unbranched alkanes of at least 4 members (excludes halogenated alkanes) is 46. The number of ether oxygens (including phenoxy) is 1. The first kappa shape index (κ1) is 73.8. The molecule has 0 fully saturated rings. The molecule has 0 radical (unpaired) electrons. The fourth-order valence-electron chi connectivity index (χ4n) is 10.4. The summed E-state index contributed by atoms with van der Waals surface area (Å²) < 4.78 is 5.50. The molecule has 0 bridgehead atoms. The molecule has 0 saturated carbocycles. The molecular weight excluding hydrogens is 935 g/mol. The highest BCUT2D eigenvalue weighted by atomic mass is 16.5. The number of aliphatic hydroxyl groups is 2. The highest BCUT2D eigenvalue weighted by molar-refractivity contribution is 5.76. The molecule has 0 aliphatic heterocycles. The Balaban J connectivity index is 3.34. The van der Waals surface area contributed by atoms with Gasteiger partial charge in [-0.15, -0.1) is 0 Å². The van der Waals surface area contributed by atoms with Gasteiger partial charge in [-0.2, -0.15) is 0 Å². The minimum absolute atomic E-state index is 0.0104. The van der Waals surface area contributed by atoms with Crippen molar-refractivity contribution in [3.63, 3.8) is 0 Å². The average Bonchev–Trinajstić information content (AvgIpc) is 3.42. The largest absolute Gasteiger partial charge is 0.466 e. The van der Waals surface area contributed by atoms with Crippen LogP contribution in [0.5, 0.6) is 0 Å². The number of hydrogen-bond acceptors (Lipinski definition) is 5. The Bertz CT molecular complexity index is 1270. The van der Waals surface area contributed by atoms with E-state index in [0.717, 1.165) is 51.4 Å². The first-order valence-electron chi connectivity index (χ1n) is 33.9. The lowest BCUT2D eigenvalue weighted by atomic mass is 10.0. The molecule has 0 aromatic heterocycles. The molecule has 0 saturated heterocycles. The van der Waals surface area contributed by atoms with Gasteiger partial charge in [0.25, 0.3) is 0 Å². The van der Waals surface area contributed by atoms with Gasteiger partial charge in [0.1, 0.15) is 0 Å². The molecule has 3 N–H and O–H groups in total. The molecule has 76 heavy (non-hydrogen) atoms. The molecule has 0 aromatic carbocycles. The van der Waals surface area contributed by atoms with Crippen LogP contribution in [0.15, 0.2) is 48.6 Å². The zero-order chi connectivity index (χ0) is 55.0. The molecule has 2 unspecified atom stereocenters. The van der Waals surface area contributed by atoms with Gasteiger partial charge >= 0.3 is 5.97 Å². The van der Waals surface area contributed by atoms with E-state index >= 15 is 0 Å². The Morgan fingerprint density at radius 2 is 0.658 bits per heavy atom. The summed E-state index contributed by atoms with van der Waals surface area (Å²) in [5.41, 5.74) is 0. The number of nitrogens with one attached hydrogen (secondary N) is 1. The maximum atomic E-state index is 12.4. The van der Waals surface area contributed by atoms with Crippen molar-refractivity contribution in [1.82, 2.24) is 5.32 Å². The van der Waals surface area contributed by atoms with Crippen molar-refractivity contribution in [2.45, 2.75) is 373 Å². The van der Waals surface area contributed by atoms with Gasteiger partial charge in [0.15, 0.2) is 0 Å². The number of hydrogen-bond donors (Lipinski definition) is 3. The number of amides is 1. The molecule has 6 nitrogen and oxygen atoms in total. The first-order valence-corrected chi connectivity index (χ1v) is 33.9. The third-order valence-corrected chi connectivity index (χ3v) is 15.6. The third kappa shape index (κ3) is 61.0. The standard InChI is InChI=1S/C70H131NO5/c1-3-5-7-9-11-13-14-15-16-17-35-38-41-44-48-52-56-60-64-70(75)76-65-61-57-53-49-45-42-39-36-33-31-29-27-25-23-21-19-18-20-22-24-26-28-30-32-34-37-40-43-47-51-55-59-63-69(74)71-67(66-72)68(73)62-58-54-50-46-12-10-8-6-4-2/h13-14,16-17,21,23,58,62,67-68,72-73H,3-12,15,18-20,22,24-57,59-61,63-66H2,1-2H3,(H,71,74)/b14-13-,17-16-,23-21-,62-58+. The number of carbonyl (C=O) groups excluding carboxylic acids is 2. The molecule has 0 heterocycles. The van der Waals surface area contributed by atoms with Gasteiger partial charge in [0.05, 0.1) is 25.4 Å². The summed E-state index contributed by atoms with van der Waals surface area (Å²) in [4.78, 5) is 24.5. The third-order valence-electron chi connectivity index (χ3n) is 15.6. The van der Waals surface area contributed by atoms with E-state index in [1.807, 2.05) is 6.08 Å². The lowest BCUT2D eigenvalue weighted by Gasteiger charge is -2.20.